The molecule has 0 aliphatic rings. The first kappa shape index (κ1) is 13.1. The summed E-state index contributed by atoms with van der Waals surface area (Å²) < 4.78 is 0. The fourth-order valence-electron chi connectivity index (χ4n) is 2.71. The largest absolute Gasteiger partial charge is 0.0654 e. The molecule has 0 heteroatoms. The minimum atomic E-state index is 0.403. The third-order valence-corrected chi connectivity index (χ3v) is 3.76. The monoisotopic (exact) mass is 240 g/mol. The quantitative estimate of drug-likeness (QED) is 0.638. The zero-order valence-corrected chi connectivity index (χ0v) is 11.9. The van der Waals surface area contributed by atoms with Crippen molar-refractivity contribution in [3.63, 3.8) is 0 Å². The van der Waals surface area contributed by atoms with E-state index in [1.807, 2.05) is 0 Å². The Kier molecular flexibility index (Phi) is 4.06. The lowest BCUT2D eigenvalue weighted by Crippen LogP contribution is -2.15. The van der Waals surface area contributed by atoms with Crippen LogP contribution in [-0.2, 0) is 6.42 Å². The first-order valence-corrected chi connectivity index (χ1v) is 7.09. The molecule has 0 saturated carbocycles. The van der Waals surface area contributed by atoms with Crippen LogP contribution in [0.25, 0.3) is 10.8 Å². The number of unbranched alkanes of at least 4 members (excludes halogenated alkanes) is 1. The van der Waals surface area contributed by atoms with Crippen molar-refractivity contribution in [2.24, 2.45) is 5.41 Å². The molecule has 2 aromatic carbocycles. The molecule has 0 N–H and O–H groups in total. The Labute approximate surface area is 111 Å². The molecule has 0 unspecified atom stereocenters. The molecule has 0 bridgehead atoms. The highest BCUT2D eigenvalue weighted by molar-refractivity contribution is 5.85. The fraction of sp³-hybridized carbons (Fsp3) is 0.444. The van der Waals surface area contributed by atoms with E-state index < -0.39 is 0 Å². The van der Waals surface area contributed by atoms with Crippen molar-refractivity contribution >= 4 is 10.8 Å². The van der Waals surface area contributed by atoms with Crippen LogP contribution in [-0.4, -0.2) is 0 Å². The van der Waals surface area contributed by atoms with Crippen molar-refractivity contribution in [2.75, 3.05) is 0 Å². The molecule has 0 aliphatic heterocycles. The molecule has 18 heavy (non-hydrogen) atoms. The second-order valence-electron chi connectivity index (χ2n) is 6.08. The average molecular weight is 240 g/mol. The Balaban J connectivity index is 2.26. The van der Waals surface area contributed by atoms with Crippen molar-refractivity contribution in [1.82, 2.24) is 0 Å². The smallest absolute Gasteiger partial charge is 0.0152 e. The van der Waals surface area contributed by atoms with Gasteiger partial charge in [-0.3, -0.25) is 0 Å². The van der Waals surface area contributed by atoms with Gasteiger partial charge in [-0.15, -0.1) is 0 Å². The summed E-state index contributed by atoms with van der Waals surface area (Å²) in [6.07, 6.45) is 5.11. The lowest BCUT2D eigenvalue weighted by atomic mass is 9.80. The van der Waals surface area contributed by atoms with Crippen molar-refractivity contribution < 1.29 is 0 Å². The summed E-state index contributed by atoms with van der Waals surface area (Å²) in [4.78, 5) is 0. The van der Waals surface area contributed by atoms with Crippen molar-refractivity contribution in [3.8, 4) is 0 Å². The Morgan fingerprint density at radius 3 is 2.44 bits per heavy atom. The fourth-order valence-corrected chi connectivity index (χ4v) is 2.71. The van der Waals surface area contributed by atoms with Crippen molar-refractivity contribution in [3.05, 3.63) is 48.0 Å². The molecule has 0 amide bonds. The molecule has 0 saturated heterocycles. The zero-order chi connectivity index (χ0) is 13.0. The second-order valence-corrected chi connectivity index (χ2v) is 6.08. The van der Waals surface area contributed by atoms with Crippen LogP contribution in [0.4, 0.5) is 0 Å². The van der Waals surface area contributed by atoms with E-state index >= 15 is 0 Å². The van der Waals surface area contributed by atoms with Gasteiger partial charge in [0, 0.05) is 0 Å². The number of benzene rings is 2. The Morgan fingerprint density at radius 2 is 1.67 bits per heavy atom. The normalized spacial score (nSPS) is 11.9. The molecule has 0 heterocycles. The molecule has 0 aromatic heterocycles. The van der Waals surface area contributed by atoms with E-state index in [0.29, 0.717) is 5.41 Å². The summed E-state index contributed by atoms with van der Waals surface area (Å²) in [6, 6.07) is 15.4. The highest BCUT2D eigenvalue weighted by Gasteiger charge is 2.18. The van der Waals surface area contributed by atoms with Gasteiger partial charge in [-0.1, -0.05) is 76.1 Å². The Bertz CT molecular complexity index is 503. The number of fused-ring (bicyclic) bond motifs is 1. The maximum atomic E-state index is 2.39. The van der Waals surface area contributed by atoms with Crippen LogP contribution < -0.4 is 0 Å². The molecule has 0 aliphatic carbocycles. The van der Waals surface area contributed by atoms with Gasteiger partial charge in [-0.05, 0) is 34.6 Å². The highest BCUT2D eigenvalue weighted by atomic mass is 14.2. The highest BCUT2D eigenvalue weighted by Crippen LogP contribution is 2.31. The van der Waals surface area contributed by atoms with Crippen molar-refractivity contribution in [2.45, 2.75) is 46.5 Å². The first-order chi connectivity index (χ1) is 8.62. The predicted molar refractivity (Wildman–Crippen MR) is 81.0 cm³/mol. The van der Waals surface area contributed by atoms with E-state index in [1.54, 1.807) is 0 Å². The molecule has 2 aromatic rings. The van der Waals surface area contributed by atoms with Crippen LogP contribution in [0, 0.1) is 5.41 Å². The van der Waals surface area contributed by atoms with Gasteiger partial charge in [0.05, 0.1) is 0 Å². The van der Waals surface area contributed by atoms with Gasteiger partial charge in [0.25, 0.3) is 0 Å². The van der Waals surface area contributed by atoms with E-state index in [2.05, 4.69) is 63.2 Å². The van der Waals surface area contributed by atoms with Crippen LogP contribution in [0.5, 0.6) is 0 Å². The molecule has 0 spiro atoms. The molecule has 96 valence electrons. The maximum absolute atomic E-state index is 2.39. The van der Waals surface area contributed by atoms with Crippen LogP contribution in [0.2, 0.25) is 0 Å². The maximum Gasteiger partial charge on any atom is -0.0152 e. The number of hydrogen-bond donors (Lipinski definition) is 0. The van der Waals surface area contributed by atoms with Gasteiger partial charge in [-0.2, -0.15) is 0 Å². The molecule has 2 rings (SSSR count). The van der Waals surface area contributed by atoms with Gasteiger partial charge in [0.2, 0.25) is 0 Å². The summed E-state index contributed by atoms with van der Waals surface area (Å²) in [5.74, 6) is 0. The molecule has 0 fully saturated rings. The molecule has 0 nitrogen and oxygen atoms in total. The molecule has 0 atom stereocenters. The predicted octanol–water partition coefficient (Wildman–Crippen LogP) is 5.60. The molecule has 0 radical (unpaired) electrons. The zero-order valence-electron chi connectivity index (χ0n) is 11.9. The van der Waals surface area contributed by atoms with Crippen molar-refractivity contribution in [1.29, 1.82) is 0 Å². The third kappa shape index (κ3) is 3.13. The lowest BCUT2D eigenvalue weighted by molar-refractivity contribution is 0.322. The number of rotatable bonds is 5. The van der Waals surface area contributed by atoms with Gasteiger partial charge in [0.15, 0.2) is 0 Å². The van der Waals surface area contributed by atoms with E-state index in [1.165, 1.54) is 42.0 Å². The van der Waals surface area contributed by atoms with E-state index in [-0.39, 0.29) is 0 Å². The Hall–Kier alpha value is -1.30. The van der Waals surface area contributed by atoms with E-state index in [0.717, 1.165) is 0 Å². The third-order valence-electron chi connectivity index (χ3n) is 3.76. The first-order valence-electron chi connectivity index (χ1n) is 7.09. The summed E-state index contributed by atoms with van der Waals surface area (Å²) in [6.45, 7) is 7.06. The Morgan fingerprint density at radius 1 is 0.944 bits per heavy atom. The van der Waals surface area contributed by atoms with E-state index in [9.17, 15) is 0 Å². The van der Waals surface area contributed by atoms with Gasteiger partial charge >= 0.3 is 0 Å². The SMILES string of the molecule is CCCCC(C)(C)Cc1cccc2ccccc12. The topological polar surface area (TPSA) is 0 Å². The van der Waals surface area contributed by atoms with Gasteiger partial charge in [0.1, 0.15) is 0 Å². The summed E-state index contributed by atoms with van der Waals surface area (Å²) in [5, 5.41) is 2.78. The summed E-state index contributed by atoms with van der Waals surface area (Å²) in [7, 11) is 0. The minimum absolute atomic E-state index is 0.403. The van der Waals surface area contributed by atoms with Crippen LogP contribution in [0.3, 0.4) is 0 Å². The van der Waals surface area contributed by atoms with Gasteiger partial charge < -0.3 is 0 Å². The summed E-state index contributed by atoms with van der Waals surface area (Å²) >= 11 is 0. The number of hydrogen-bond acceptors (Lipinski definition) is 0. The van der Waals surface area contributed by atoms with E-state index in [4.69, 9.17) is 0 Å². The van der Waals surface area contributed by atoms with Gasteiger partial charge in [-0.25, -0.2) is 0 Å². The lowest BCUT2D eigenvalue weighted by Gasteiger charge is -2.25. The average Bonchev–Trinajstić information content (AvgIpc) is 2.37. The van der Waals surface area contributed by atoms with Crippen LogP contribution in [0.15, 0.2) is 42.5 Å². The second kappa shape index (κ2) is 5.56. The van der Waals surface area contributed by atoms with Crippen LogP contribution in [0.1, 0.15) is 45.6 Å². The standard InChI is InChI=1S/C18H24/c1-4-5-13-18(2,3)14-16-11-8-10-15-9-6-7-12-17(15)16/h6-12H,4-5,13-14H2,1-3H3. The molecular formula is C18H24. The molecular weight excluding hydrogens is 216 g/mol. The van der Waals surface area contributed by atoms with Crippen LogP contribution >= 0.6 is 0 Å². The summed E-state index contributed by atoms with van der Waals surface area (Å²) in [5.41, 5.74) is 1.90. The minimum Gasteiger partial charge on any atom is -0.0654 e.